The SMILES string of the molecule is Cc1ncc(CN(C)C[C@H](O)COCC2=CC[C@H]3C[C@H]2C3(C)C)s1. The number of hydrogen-bond donors (Lipinski definition) is 1. The van der Waals surface area contributed by atoms with Crippen LogP contribution in [0, 0.1) is 24.2 Å². The van der Waals surface area contributed by atoms with E-state index in [0.29, 0.717) is 31.1 Å². The molecule has 24 heavy (non-hydrogen) atoms. The summed E-state index contributed by atoms with van der Waals surface area (Å²) in [5.41, 5.74) is 1.89. The maximum Gasteiger partial charge on any atom is 0.0900 e. The molecule has 0 unspecified atom stereocenters. The van der Waals surface area contributed by atoms with E-state index in [2.05, 4.69) is 29.8 Å². The van der Waals surface area contributed by atoms with Gasteiger partial charge in [-0.2, -0.15) is 0 Å². The van der Waals surface area contributed by atoms with Gasteiger partial charge in [-0.15, -0.1) is 11.3 Å². The quantitative estimate of drug-likeness (QED) is 0.731. The van der Waals surface area contributed by atoms with Crippen LogP contribution in [0.15, 0.2) is 17.8 Å². The molecule has 3 aliphatic rings. The van der Waals surface area contributed by atoms with Crippen LogP contribution < -0.4 is 0 Å². The number of fused-ring (bicyclic) bond motifs is 1. The molecule has 0 amide bonds. The molecule has 1 N–H and O–H groups in total. The van der Waals surface area contributed by atoms with Gasteiger partial charge < -0.3 is 9.84 Å². The van der Waals surface area contributed by atoms with Crippen molar-refractivity contribution >= 4 is 11.3 Å². The summed E-state index contributed by atoms with van der Waals surface area (Å²) >= 11 is 1.71. The molecule has 134 valence electrons. The van der Waals surface area contributed by atoms with Gasteiger partial charge in [0.25, 0.3) is 0 Å². The van der Waals surface area contributed by atoms with Gasteiger partial charge in [0.2, 0.25) is 0 Å². The molecular formula is C19H30N2O2S. The van der Waals surface area contributed by atoms with Crippen LogP contribution in [0.4, 0.5) is 0 Å². The second-order valence-corrected chi connectivity index (χ2v) is 9.35. The first kappa shape index (κ1) is 18.1. The van der Waals surface area contributed by atoms with Crippen molar-refractivity contribution in [1.82, 2.24) is 9.88 Å². The van der Waals surface area contributed by atoms with E-state index in [1.54, 1.807) is 11.3 Å². The molecule has 1 saturated carbocycles. The van der Waals surface area contributed by atoms with Crippen molar-refractivity contribution in [2.75, 3.05) is 26.8 Å². The number of ether oxygens (including phenoxy) is 1. The summed E-state index contributed by atoms with van der Waals surface area (Å²) in [7, 11) is 2.03. The highest BCUT2D eigenvalue weighted by atomic mass is 32.1. The summed E-state index contributed by atoms with van der Waals surface area (Å²) in [6.45, 7) is 9.30. The number of hydrogen-bond acceptors (Lipinski definition) is 5. The smallest absolute Gasteiger partial charge is 0.0900 e. The normalized spacial score (nSPS) is 26.2. The Bertz CT molecular complexity index is 596. The standard InChI is InChI=1S/C19H30N2O2S/c1-13-20-8-17(24-13)10-21(4)9-16(22)12-23-11-14-5-6-15-7-18(14)19(15,2)3/h5,8,15-16,18,22H,6-7,9-12H2,1-4H3/t15-,16-,18+/m0/s1. The lowest BCUT2D eigenvalue weighted by Crippen LogP contribution is -2.48. The number of likely N-dealkylation sites (N-methyl/N-ethyl adjacent to an activating group) is 1. The van der Waals surface area contributed by atoms with Crippen LogP contribution in [0.3, 0.4) is 0 Å². The number of aliphatic hydroxyl groups excluding tert-OH is 1. The van der Waals surface area contributed by atoms with E-state index in [1.807, 2.05) is 20.2 Å². The van der Waals surface area contributed by atoms with Gasteiger partial charge in [-0.3, -0.25) is 4.90 Å². The van der Waals surface area contributed by atoms with Gasteiger partial charge in [-0.05, 0) is 49.6 Å². The fourth-order valence-corrected chi connectivity index (χ4v) is 5.05. The molecule has 1 heterocycles. The summed E-state index contributed by atoms with van der Waals surface area (Å²) in [5, 5.41) is 11.3. The van der Waals surface area contributed by atoms with Crippen molar-refractivity contribution in [3.8, 4) is 0 Å². The lowest BCUT2D eigenvalue weighted by atomic mass is 9.49. The van der Waals surface area contributed by atoms with Crippen LogP contribution in [-0.4, -0.2) is 47.9 Å². The Labute approximate surface area is 149 Å². The Morgan fingerprint density at radius 2 is 2.29 bits per heavy atom. The van der Waals surface area contributed by atoms with Gasteiger partial charge >= 0.3 is 0 Å². The van der Waals surface area contributed by atoms with Crippen LogP contribution in [-0.2, 0) is 11.3 Å². The van der Waals surface area contributed by atoms with Crippen LogP contribution in [0.5, 0.6) is 0 Å². The van der Waals surface area contributed by atoms with Crippen LogP contribution in [0.1, 0.15) is 36.6 Å². The average Bonchev–Trinajstić information content (AvgIpc) is 2.92. The monoisotopic (exact) mass is 350 g/mol. The third-order valence-corrected chi connectivity index (χ3v) is 6.68. The zero-order valence-corrected chi connectivity index (χ0v) is 16.1. The second kappa shape index (κ2) is 7.24. The molecular weight excluding hydrogens is 320 g/mol. The molecule has 0 aliphatic heterocycles. The van der Waals surface area contributed by atoms with E-state index in [4.69, 9.17) is 4.74 Å². The Morgan fingerprint density at radius 1 is 1.50 bits per heavy atom. The van der Waals surface area contributed by atoms with Gasteiger partial charge in [0.05, 0.1) is 24.3 Å². The lowest BCUT2D eigenvalue weighted by Gasteiger charge is -2.56. The van der Waals surface area contributed by atoms with Crippen molar-refractivity contribution in [2.24, 2.45) is 17.3 Å². The molecule has 2 bridgehead atoms. The Balaban J connectivity index is 1.37. The third kappa shape index (κ3) is 3.90. The van der Waals surface area contributed by atoms with E-state index in [1.165, 1.54) is 23.3 Å². The number of aromatic nitrogens is 1. The number of allylic oxidation sites excluding steroid dienone is 1. The highest BCUT2D eigenvalue weighted by Gasteiger charge is 2.50. The molecule has 5 heteroatoms. The highest BCUT2D eigenvalue weighted by Crippen LogP contribution is 2.59. The number of aryl methyl sites for hydroxylation is 1. The fraction of sp³-hybridized carbons (Fsp3) is 0.737. The molecule has 1 aromatic heterocycles. The molecule has 0 radical (unpaired) electrons. The Morgan fingerprint density at radius 3 is 2.92 bits per heavy atom. The molecule has 0 aromatic carbocycles. The van der Waals surface area contributed by atoms with Crippen molar-refractivity contribution in [3.05, 3.63) is 27.7 Å². The minimum absolute atomic E-state index is 0.403. The Hall–Kier alpha value is -0.750. The van der Waals surface area contributed by atoms with E-state index in [0.717, 1.165) is 17.5 Å². The minimum Gasteiger partial charge on any atom is -0.389 e. The number of nitrogens with zero attached hydrogens (tertiary/aromatic N) is 2. The zero-order chi connectivity index (χ0) is 17.3. The largest absolute Gasteiger partial charge is 0.389 e. The van der Waals surface area contributed by atoms with Crippen molar-refractivity contribution < 1.29 is 9.84 Å². The van der Waals surface area contributed by atoms with Crippen molar-refractivity contribution in [1.29, 1.82) is 0 Å². The van der Waals surface area contributed by atoms with Crippen molar-refractivity contribution in [3.63, 3.8) is 0 Å². The number of rotatable bonds is 8. The summed E-state index contributed by atoms with van der Waals surface area (Å²) in [6.07, 6.45) is 6.36. The molecule has 3 aliphatic carbocycles. The van der Waals surface area contributed by atoms with Gasteiger partial charge in [-0.25, -0.2) is 4.98 Å². The molecule has 4 nitrogen and oxygen atoms in total. The van der Waals surface area contributed by atoms with E-state index in [9.17, 15) is 5.11 Å². The highest BCUT2D eigenvalue weighted by molar-refractivity contribution is 7.11. The molecule has 3 atom stereocenters. The fourth-order valence-electron chi connectivity index (χ4n) is 4.17. The number of aliphatic hydroxyl groups is 1. The van der Waals surface area contributed by atoms with E-state index in [-0.39, 0.29) is 0 Å². The first-order valence-corrected chi connectivity index (χ1v) is 9.72. The topological polar surface area (TPSA) is 45.6 Å². The van der Waals surface area contributed by atoms with Gasteiger partial charge in [-0.1, -0.05) is 19.9 Å². The predicted octanol–water partition coefficient (Wildman–Crippen LogP) is 3.25. The van der Waals surface area contributed by atoms with Crippen LogP contribution >= 0.6 is 11.3 Å². The van der Waals surface area contributed by atoms with Gasteiger partial charge in [0.1, 0.15) is 0 Å². The van der Waals surface area contributed by atoms with Gasteiger partial charge in [0, 0.05) is 24.2 Å². The molecule has 0 spiro atoms. The number of thiazole rings is 1. The van der Waals surface area contributed by atoms with Crippen LogP contribution in [0.2, 0.25) is 0 Å². The summed E-state index contributed by atoms with van der Waals surface area (Å²) in [4.78, 5) is 7.63. The summed E-state index contributed by atoms with van der Waals surface area (Å²) in [6, 6.07) is 0. The van der Waals surface area contributed by atoms with E-state index < -0.39 is 6.10 Å². The summed E-state index contributed by atoms with van der Waals surface area (Å²) in [5.74, 6) is 1.55. The van der Waals surface area contributed by atoms with Crippen LogP contribution in [0.25, 0.3) is 0 Å². The molecule has 0 saturated heterocycles. The maximum absolute atomic E-state index is 10.2. The molecule has 1 fully saturated rings. The molecule has 4 rings (SSSR count). The third-order valence-electron chi connectivity index (χ3n) is 5.78. The lowest BCUT2D eigenvalue weighted by molar-refractivity contribution is -0.0257. The molecule has 1 aromatic rings. The summed E-state index contributed by atoms with van der Waals surface area (Å²) < 4.78 is 5.82. The second-order valence-electron chi connectivity index (χ2n) is 8.03. The minimum atomic E-state index is -0.449. The average molecular weight is 351 g/mol. The first-order chi connectivity index (χ1) is 11.4. The van der Waals surface area contributed by atoms with E-state index >= 15 is 0 Å². The zero-order valence-electron chi connectivity index (χ0n) is 15.3. The maximum atomic E-state index is 10.2. The van der Waals surface area contributed by atoms with Gasteiger partial charge in [0.15, 0.2) is 0 Å². The predicted molar refractivity (Wildman–Crippen MR) is 98.1 cm³/mol. The van der Waals surface area contributed by atoms with Crippen molar-refractivity contribution in [2.45, 2.75) is 46.3 Å². The Kier molecular flexibility index (Phi) is 5.45. The first-order valence-electron chi connectivity index (χ1n) is 8.91.